The summed E-state index contributed by atoms with van der Waals surface area (Å²) in [6.45, 7) is 0. The van der Waals surface area contributed by atoms with Crippen molar-refractivity contribution in [3.8, 4) is 5.75 Å². The van der Waals surface area contributed by atoms with Crippen LogP contribution in [0.5, 0.6) is 5.75 Å². The molecule has 0 aliphatic carbocycles. The smallest absolute Gasteiger partial charge is 0.351 e. The number of fused-ring (bicyclic) bond motifs is 2. The summed E-state index contributed by atoms with van der Waals surface area (Å²) >= 11 is 0. The van der Waals surface area contributed by atoms with Crippen LogP contribution in [0.2, 0.25) is 0 Å². The van der Waals surface area contributed by atoms with Crippen molar-refractivity contribution < 1.29 is 18.7 Å². The number of hydrogen-bond donors (Lipinski definition) is 2. The number of ketones is 1. The van der Waals surface area contributed by atoms with Crippen LogP contribution in [0.25, 0.3) is 21.9 Å². The number of H-pyrrole nitrogens is 1. The molecule has 2 aromatic heterocycles. The third-order valence-corrected chi connectivity index (χ3v) is 5.72. The first-order valence-electron chi connectivity index (χ1n) is 10.1. The zero-order valence-electron chi connectivity index (χ0n) is 16.8. The molecule has 5 aromatic rings. The number of aromatic amines is 1. The molecule has 1 unspecified atom stereocenters. The van der Waals surface area contributed by atoms with Gasteiger partial charge in [-0.05, 0) is 41.5 Å². The van der Waals surface area contributed by atoms with Gasteiger partial charge in [0.1, 0.15) is 22.7 Å². The molecule has 3 aromatic carbocycles. The van der Waals surface area contributed by atoms with E-state index in [1.165, 1.54) is 12.1 Å². The Bertz CT molecular complexity index is 1510. The summed E-state index contributed by atoms with van der Waals surface area (Å²) < 4.78 is 18.8. The monoisotopic (exact) mass is 427 g/mol. The molecule has 0 radical (unpaired) electrons. The van der Waals surface area contributed by atoms with Crippen molar-refractivity contribution in [3.63, 3.8) is 0 Å². The number of benzene rings is 3. The predicted octanol–water partition coefficient (Wildman–Crippen LogP) is 5.52. The van der Waals surface area contributed by atoms with Gasteiger partial charge in [-0.3, -0.25) is 4.79 Å². The number of para-hydroxylation sites is 2. The van der Waals surface area contributed by atoms with Crippen LogP contribution in [0.4, 0.5) is 4.39 Å². The van der Waals surface area contributed by atoms with Gasteiger partial charge in [0.2, 0.25) is 0 Å². The Balaban J connectivity index is 1.62. The zero-order chi connectivity index (χ0) is 22.2. The molecule has 0 aliphatic rings. The molecule has 0 fully saturated rings. The number of aromatic nitrogens is 1. The van der Waals surface area contributed by atoms with E-state index in [1.807, 2.05) is 30.5 Å². The Morgan fingerprint density at radius 3 is 2.44 bits per heavy atom. The highest BCUT2D eigenvalue weighted by Gasteiger charge is 2.27. The second kappa shape index (κ2) is 7.81. The van der Waals surface area contributed by atoms with Crippen molar-refractivity contribution in [2.45, 2.75) is 12.3 Å². The molecule has 2 heterocycles. The maximum absolute atomic E-state index is 13.6. The van der Waals surface area contributed by atoms with Gasteiger partial charge in [-0.25, -0.2) is 9.18 Å². The van der Waals surface area contributed by atoms with Gasteiger partial charge in [-0.2, -0.15) is 0 Å². The minimum atomic E-state index is -0.886. The lowest BCUT2D eigenvalue weighted by atomic mass is 9.85. The number of rotatable bonds is 5. The summed E-state index contributed by atoms with van der Waals surface area (Å²) in [6.07, 6.45) is 1.71. The van der Waals surface area contributed by atoms with Gasteiger partial charge in [-0.15, -0.1) is 0 Å². The highest BCUT2D eigenvalue weighted by molar-refractivity contribution is 6.03. The molecule has 158 valence electrons. The summed E-state index contributed by atoms with van der Waals surface area (Å²) in [5, 5.41) is 11.9. The Morgan fingerprint density at radius 1 is 0.969 bits per heavy atom. The first kappa shape index (κ1) is 19.8. The highest BCUT2D eigenvalue weighted by atomic mass is 19.1. The molecule has 6 heteroatoms. The first-order chi connectivity index (χ1) is 15.5. The third kappa shape index (κ3) is 3.36. The van der Waals surface area contributed by atoms with Crippen LogP contribution in [0.3, 0.4) is 0 Å². The molecular formula is C26H18FNO4. The van der Waals surface area contributed by atoms with Gasteiger partial charge in [0.05, 0.1) is 5.39 Å². The van der Waals surface area contributed by atoms with Crippen LogP contribution in [0, 0.1) is 5.82 Å². The van der Waals surface area contributed by atoms with E-state index in [-0.39, 0.29) is 23.4 Å². The van der Waals surface area contributed by atoms with Crippen LogP contribution in [0.15, 0.2) is 88.2 Å². The van der Waals surface area contributed by atoms with Crippen molar-refractivity contribution in [2.75, 3.05) is 0 Å². The van der Waals surface area contributed by atoms with E-state index in [0.29, 0.717) is 10.9 Å². The lowest BCUT2D eigenvalue weighted by molar-refractivity contribution is 0.0971. The maximum atomic E-state index is 13.6. The molecule has 5 nitrogen and oxygen atoms in total. The highest BCUT2D eigenvalue weighted by Crippen LogP contribution is 2.36. The fraction of sp³-hybridized carbons (Fsp3) is 0.0769. The lowest BCUT2D eigenvalue weighted by Gasteiger charge is -2.17. The van der Waals surface area contributed by atoms with Crippen molar-refractivity contribution in [1.29, 1.82) is 0 Å². The number of halogens is 1. The summed E-state index contributed by atoms with van der Waals surface area (Å²) in [6, 6.07) is 20.1. The Labute approximate surface area is 181 Å². The normalized spacial score (nSPS) is 12.3. The molecule has 32 heavy (non-hydrogen) atoms. The van der Waals surface area contributed by atoms with E-state index in [9.17, 15) is 19.1 Å². The van der Waals surface area contributed by atoms with Crippen LogP contribution in [-0.4, -0.2) is 15.9 Å². The number of carbonyl (C=O) groups excluding carboxylic acids is 1. The number of carbonyl (C=O) groups is 1. The van der Waals surface area contributed by atoms with Crippen LogP contribution in [0.1, 0.15) is 33.8 Å². The quantitative estimate of drug-likeness (QED) is 0.286. The molecule has 2 N–H and O–H groups in total. The molecule has 0 aliphatic heterocycles. The zero-order valence-corrected chi connectivity index (χ0v) is 16.8. The van der Waals surface area contributed by atoms with Gasteiger partial charge in [0.15, 0.2) is 5.78 Å². The number of hydrogen-bond acceptors (Lipinski definition) is 4. The molecule has 1 atom stereocenters. The maximum Gasteiger partial charge on any atom is 0.351 e. The number of aromatic hydroxyl groups is 1. The lowest BCUT2D eigenvalue weighted by Crippen LogP contribution is -2.17. The number of nitrogens with one attached hydrogen (secondary N) is 1. The molecule has 0 saturated heterocycles. The summed E-state index contributed by atoms with van der Waals surface area (Å²) in [5.74, 6) is -1.80. The molecule has 0 amide bonds. The molecular weight excluding hydrogens is 409 g/mol. The Morgan fingerprint density at radius 2 is 1.66 bits per heavy atom. The van der Waals surface area contributed by atoms with Gasteiger partial charge in [0.25, 0.3) is 0 Å². The van der Waals surface area contributed by atoms with Crippen LogP contribution < -0.4 is 5.63 Å². The van der Waals surface area contributed by atoms with E-state index in [0.717, 1.165) is 16.5 Å². The topological polar surface area (TPSA) is 83.3 Å². The van der Waals surface area contributed by atoms with Gasteiger partial charge >= 0.3 is 5.63 Å². The average molecular weight is 427 g/mol. The van der Waals surface area contributed by atoms with E-state index in [4.69, 9.17) is 4.42 Å². The fourth-order valence-corrected chi connectivity index (χ4v) is 4.15. The van der Waals surface area contributed by atoms with Gasteiger partial charge in [0, 0.05) is 29.4 Å². The van der Waals surface area contributed by atoms with E-state index >= 15 is 0 Å². The van der Waals surface area contributed by atoms with Crippen LogP contribution in [-0.2, 0) is 0 Å². The second-order valence-corrected chi connectivity index (χ2v) is 7.63. The fourth-order valence-electron chi connectivity index (χ4n) is 4.15. The molecule has 0 bridgehead atoms. The SMILES string of the molecule is O=C(CC(c1ccc(F)cc1)c1c[nH]c2ccccc12)c1c(O)c2ccccc2oc1=O. The van der Waals surface area contributed by atoms with E-state index in [1.54, 1.807) is 36.4 Å². The molecule has 0 spiro atoms. The van der Waals surface area contributed by atoms with E-state index in [2.05, 4.69) is 4.98 Å². The van der Waals surface area contributed by atoms with Crippen molar-refractivity contribution in [3.05, 3.63) is 112 Å². The Kier molecular flexibility index (Phi) is 4.82. The van der Waals surface area contributed by atoms with Crippen molar-refractivity contribution in [2.24, 2.45) is 0 Å². The average Bonchev–Trinajstić information content (AvgIpc) is 3.22. The van der Waals surface area contributed by atoms with E-state index < -0.39 is 23.1 Å². The summed E-state index contributed by atoms with van der Waals surface area (Å²) in [5.41, 5.74) is 1.39. The largest absolute Gasteiger partial charge is 0.506 e. The van der Waals surface area contributed by atoms with Crippen molar-refractivity contribution >= 4 is 27.7 Å². The first-order valence-corrected chi connectivity index (χ1v) is 10.1. The second-order valence-electron chi connectivity index (χ2n) is 7.63. The molecule has 5 rings (SSSR count). The Hall–Kier alpha value is -4.19. The predicted molar refractivity (Wildman–Crippen MR) is 120 cm³/mol. The number of Topliss-reactive ketones (excluding diaryl/α,β-unsaturated/α-hetero) is 1. The van der Waals surface area contributed by atoms with Crippen molar-refractivity contribution in [1.82, 2.24) is 4.98 Å². The minimum Gasteiger partial charge on any atom is -0.506 e. The minimum absolute atomic E-state index is 0.107. The standard InChI is InChI=1S/C26H18FNO4/c27-16-11-9-15(10-12-16)19(20-14-28-21-7-3-1-5-17(20)21)13-22(29)24-25(30)18-6-2-4-8-23(18)32-26(24)31/h1-12,14,19,28,30H,13H2. The summed E-state index contributed by atoms with van der Waals surface area (Å²) in [4.78, 5) is 29.1. The molecule has 0 saturated carbocycles. The van der Waals surface area contributed by atoms with Crippen LogP contribution >= 0.6 is 0 Å². The van der Waals surface area contributed by atoms with Gasteiger partial charge < -0.3 is 14.5 Å². The summed E-state index contributed by atoms with van der Waals surface area (Å²) in [7, 11) is 0. The third-order valence-electron chi connectivity index (χ3n) is 5.72. The van der Waals surface area contributed by atoms with Gasteiger partial charge in [-0.1, -0.05) is 42.5 Å².